The lowest BCUT2D eigenvalue weighted by Gasteiger charge is -2.13. The van der Waals surface area contributed by atoms with Crippen molar-refractivity contribution in [2.24, 2.45) is 0 Å². The van der Waals surface area contributed by atoms with E-state index in [1.165, 1.54) is 0 Å². The van der Waals surface area contributed by atoms with Gasteiger partial charge in [-0.15, -0.1) is 11.8 Å². The van der Waals surface area contributed by atoms with Gasteiger partial charge in [0.05, 0.1) is 24.7 Å². The van der Waals surface area contributed by atoms with Crippen molar-refractivity contribution < 1.29 is 14.3 Å². The molecule has 1 aromatic rings. The molecule has 1 aliphatic heterocycles. The molecule has 0 fully saturated rings. The molecular weight excluding hydrogens is 224 g/mol. The molecular formula is C12H14O3S. The van der Waals surface area contributed by atoms with Crippen LogP contribution in [0.3, 0.4) is 0 Å². The van der Waals surface area contributed by atoms with E-state index < -0.39 is 0 Å². The largest absolute Gasteiger partial charge is 0.496 e. The minimum absolute atomic E-state index is 0.149. The third-order valence-corrected chi connectivity index (χ3v) is 3.78. The summed E-state index contributed by atoms with van der Waals surface area (Å²) in [7, 11) is 3.21. The lowest BCUT2D eigenvalue weighted by atomic mass is 10.1. The van der Waals surface area contributed by atoms with Crippen LogP contribution in [0.2, 0.25) is 0 Å². The van der Waals surface area contributed by atoms with Crippen LogP contribution in [-0.4, -0.2) is 25.8 Å². The maximum atomic E-state index is 12.0. The lowest BCUT2D eigenvalue weighted by molar-refractivity contribution is 0.0976. The SMILES string of the molecule is COc1ccc(OC)c2c1SCCCC2=O. The Balaban J connectivity index is 2.61. The summed E-state index contributed by atoms with van der Waals surface area (Å²) >= 11 is 1.67. The summed E-state index contributed by atoms with van der Waals surface area (Å²) in [5.41, 5.74) is 0.685. The topological polar surface area (TPSA) is 35.5 Å². The Morgan fingerprint density at radius 1 is 1.19 bits per heavy atom. The minimum Gasteiger partial charge on any atom is -0.496 e. The third-order valence-electron chi connectivity index (χ3n) is 2.60. The lowest BCUT2D eigenvalue weighted by Crippen LogP contribution is -2.03. The molecule has 3 nitrogen and oxygen atoms in total. The standard InChI is InChI=1S/C12H14O3S/c1-14-9-5-6-10(15-2)12-11(9)8(13)4-3-7-16-12/h5-6H,3-4,7H2,1-2H3. The number of rotatable bonds is 2. The zero-order valence-corrected chi connectivity index (χ0v) is 10.2. The summed E-state index contributed by atoms with van der Waals surface area (Å²) in [5.74, 6) is 2.50. The molecule has 1 aromatic carbocycles. The Bertz CT molecular complexity index is 415. The van der Waals surface area contributed by atoms with Crippen molar-refractivity contribution in [2.75, 3.05) is 20.0 Å². The van der Waals surface area contributed by atoms with Gasteiger partial charge in [0.2, 0.25) is 0 Å². The number of carbonyl (C=O) groups excluding carboxylic acids is 1. The number of fused-ring (bicyclic) bond motifs is 1. The van der Waals surface area contributed by atoms with Gasteiger partial charge < -0.3 is 9.47 Å². The van der Waals surface area contributed by atoms with E-state index in [0.717, 1.165) is 22.8 Å². The van der Waals surface area contributed by atoms with Crippen LogP contribution < -0.4 is 9.47 Å². The van der Waals surface area contributed by atoms with Gasteiger partial charge >= 0.3 is 0 Å². The number of benzene rings is 1. The summed E-state index contributed by atoms with van der Waals surface area (Å²) in [6.07, 6.45) is 1.49. The second-order valence-corrected chi connectivity index (χ2v) is 4.65. The van der Waals surface area contributed by atoms with E-state index in [2.05, 4.69) is 0 Å². The molecule has 0 saturated heterocycles. The number of methoxy groups -OCH3 is 2. The summed E-state index contributed by atoms with van der Waals surface area (Å²) in [5, 5.41) is 0. The summed E-state index contributed by atoms with van der Waals surface area (Å²) < 4.78 is 10.5. The number of ketones is 1. The van der Waals surface area contributed by atoms with E-state index >= 15 is 0 Å². The van der Waals surface area contributed by atoms with Crippen LogP contribution in [0.1, 0.15) is 23.2 Å². The fourth-order valence-corrected chi connectivity index (χ4v) is 2.96. The molecule has 0 amide bonds. The number of thioether (sulfide) groups is 1. The van der Waals surface area contributed by atoms with Crippen molar-refractivity contribution in [3.63, 3.8) is 0 Å². The van der Waals surface area contributed by atoms with E-state index in [4.69, 9.17) is 9.47 Å². The third kappa shape index (κ3) is 1.89. The molecule has 0 radical (unpaired) electrons. The van der Waals surface area contributed by atoms with E-state index in [9.17, 15) is 4.79 Å². The first-order valence-corrected chi connectivity index (χ1v) is 6.17. The van der Waals surface area contributed by atoms with Gasteiger partial charge in [0.25, 0.3) is 0 Å². The van der Waals surface area contributed by atoms with Gasteiger partial charge in [0.1, 0.15) is 11.5 Å². The Hall–Kier alpha value is -1.16. The van der Waals surface area contributed by atoms with Crippen LogP contribution in [0, 0.1) is 0 Å². The predicted molar refractivity (Wildman–Crippen MR) is 63.8 cm³/mol. The van der Waals surface area contributed by atoms with Gasteiger partial charge in [-0.2, -0.15) is 0 Å². The zero-order chi connectivity index (χ0) is 11.5. The highest BCUT2D eigenvalue weighted by atomic mass is 32.2. The molecule has 4 heteroatoms. The first-order valence-electron chi connectivity index (χ1n) is 5.19. The van der Waals surface area contributed by atoms with Crippen molar-refractivity contribution in [2.45, 2.75) is 17.7 Å². The second kappa shape index (κ2) is 4.78. The van der Waals surface area contributed by atoms with E-state index in [-0.39, 0.29) is 5.78 Å². The average Bonchev–Trinajstić information content (AvgIpc) is 2.51. The van der Waals surface area contributed by atoms with Gasteiger partial charge in [-0.05, 0) is 24.3 Å². The maximum Gasteiger partial charge on any atom is 0.167 e. The number of Topliss-reactive ketones (excluding diaryl/α,β-unsaturated/α-hetero) is 1. The fraction of sp³-hybridized carbons (Fsp3) is 0.417. The number of hydrogen-bond acceptors (Lipinski definition) is 4. The monoisotopic (exact) mass is 238 g/mol. The van der Waals surface area contributed by atoms with Crippen LogP contribution in [-0.2, 0) is 0 Å². The molecule has 0 bridgehead atoms. The van der Waals surface area contributed by atoms with E-state index in [0.29, 0.717) is 17.7 Å². The van der Waals surface area contributed by atoms with Crippen LogP contribution in [0.25, 0.3) is 0 Å². The number of carbonyl (C=O) groups is 1. The molecule has 2 rings (SSSR count). The molecule has 0 saturated carbocycles. The predicted octanol–water partition coefficient (Wildman–Crippen LogP) is 2.77. The summed E-state index contributed by atoms with van der Waals surface area (Å²) in [6.45, 7) is 0. The first kappa shape index (κ1) is 11.3. The quantitative estimate of drug-likeness (QED) is 0.793. The highest BCUT2D eigenvalue weighted by molar-refractivity contribution is 7.99. The average molecular weight is 238 g/mol. The van der Waals surface area contributed by atoms with Gasteiger partial charge in [0, 0.05) is 6.42 Å². The molecule has 0 atom stereocenters. The van der Waals surface area contributed by atoms with Crippen LogP contribution in [0.15, 0.2) is 17.0 Å². The molecule has 86 valence electrons. The molecule has 1 heterocycles. The Labute approximate surface area is 99.1 Å². The molecule has 0 unspecified atom stereocenters. The molecule has 0 spiro atoms. The smallest absolute Gasteiger partial charge is 0.167 e. The Kier molecular flexibility index (Phi) is 3.39. The van der Waals surface area contributed by atoms with Crippen molar-refractivity contribution in [1.29, 1.82) is 0 Å². The fourth-order valence-electron chi connectivity index (χ4n) is 1.82. The van der Waals surface area contributed by atoms with Gasteiger partial charge in [-0.1, -0.05) is 0 Å². The highest BCUT2D eigenvalue weighted by Gasteiger charge is 2.23. The highest BCUT2D eigenvalue weighted by Crippen LogP contribution is 2.41. The van der Waals surface area contributed by atoms with Crippen molar-refractivity contribution in [3.8, 4) is 11.5 Å². The van der Waals surface area contributed by atoms with Crippen LogP contribution >= 0.6 is 11.8 Å². The van der Waals surface area contributed by atoms with Crippen molar-refractivity contribution in [1.82, 2.24) is 0 Å². The molecule has 0 aromatic heterocycles. The molecule has 16 heavy (non-hydrogen) atoms. The van der Waals surface area contributed by atoms with E-state index in [1.807, 2.05) is 6.07 Å². The number of ether oxygens (including phenoxy) is 2. The van der Waals surface area contributed by atoms with Gasteiger partial charge in [0.15, 0.2) is 5.78 Å². The Morgan fingerprint density at radius 3 is 2.56 bits per heavy atom. The molecule has 0 aliphatic carbocycles. The van der Waals surface area contributed by atoms with Gasteiger partial charge in [-0.3, -0.25) is 4.79 Å². The number of hydrogen-bond donors (Lipinski definition) is 0. The summed E-state index contributed by atoms with van der Waals surface area (Å²) in [4.78, 5) is 12.9. The van der Waals surface area contributed by atoms with Crippen molar-refractivity contribution in [3.05, 3.63) is 17.7 Å². The van der Waals surface area contributed by atoms with Crippen LogP contribution in [0.5, 0.6) is 11.5 Å². The second-order valence-electron chi connectivity index (χ2n) is 3.55. The zero-order valence-electron chi connectivity index (χ0n) is 9.41. The van der Waals surface area contributed by atoms with E-state index in [1.54, 1.807) is 32.0 Å². The summed E-state index contributed by atoms with van der Waals surface area (Å²) in [6, 6.07) is 3.64. The van der Waals surface area contributed by atoms with Crippen molar-refractivity contribution >= 4 is 17.5 Å². The molecule has 1 aliphatic rings. The molecule has 0 N–H and O–H groups in total. The van der Waals surface area contributed by atoms with Gasteiger partial charge in [-0.25, -0.2) is 0 Å². The maximum absolute atomic E-state index is 12.0. The minimum atomic E-state index is 0.149. The first-order chi connectivity index (χ1) is 7.77. The Morgan fingerprint density at radius 2 is 1.88 bits per heavy atom. The normalized spacial score (nSPS) is 15.2. The van der Waals surface area contributed by atoms with Crippen LogP contribution in [0.4, 0.5) is 0 Å².